The Morgan fingerprint density at radius 1 is 1.27 bits per heavy atom. The first-order chi connectivity index (χ1) is 10.4. The number of aromatic hydroxyl groups is 1. The van der Waals surface area contributed by atoms with Crippen molar-refractivity contribution < 1.29 is 18.3 Å². The van der Waals surface area contributed by atoms with Gasteiger partial charge in [0, 0.05) is 6.54 Å². The maximum atomic E-state index is 12.1. The van der Waals surface area contributed by atoms with Crippen LogP contribution >= 0.6 is 11.6 Å². The number of phenolic OH excluding ortho intramolecular Hbond substituents is 1. The van der Waals surface area contributed by atoms with Gasteiger partial charge >= 0.3 is 0 Å². The summed E-state index contributed by atoms with van der Waals surface area (Å²) in [7, 11) is -3.39. The maximum absolute atomic E-state index is 12.1. The van der Waals surface area contributed by atoms with Crippen LogP contribution in [0.1, 0.15) is 25.7 Å². The predicted octanol–water partition coefficient (Wildman–Crippen LogP) is 2.68. The van der Waals surface area contributed by atoms with Crippen molar-refractivity contribution in [2.45, 2.75) is 30.6 Å². The largest absolute Gasteiger partial charge is 0.506 e. The summed E-state index contributed by atoms with van der Waals surface area (Å²) in [6.45, 7) is 3.91. The predicted molar refractivity (Wildman–Crippen MR) is 86.8 cm³/mol. The fourth-order valence-electron chi connectivity index (χ4n) is 1.85. The van der Waals surface area contributed by atoms with Crippen LogP contribution in [-0.4, -0.2) is 31.7 Å². The van der Waals surface area contributed by atoms with Crippen LogP contribution in [0.15, 0.2) is 35.7 Å². The number of benzene rings is 1. The van der Waals surface area contributed by atoms with Gasteiger partial charge in [-0.05, 0) is 37.1 Å². The van der Waals surface area contributed by atoms with Crippen LogP contribution in [0.3, 0.4) is 0 Å². The monoisotopic (exact) mass is 345 g/mol. The molecule has 5 nitrogen and oxygen atoms in total. The molecule has 0 aliphatic carbocycles. The van der Waals surface area contributed by atoms with E-state index >= 15 is 0 Å². The second-order valence-electron chi connectivity index (χ2n) is 4.84. The lowest BCUT2D eigenvalue weighted by molar-refractivity contribution is -0.116. The molecule has 0 aromatic heterocycles. The Bertz CT molecular complexity index is 628. The molecule has 1 amide bonds. The van der Waals surface area contributed by atoms with Gasteiger partial charge in [0.2, 0.25) is 5.91 Å². The summed E-state index contributed by atoms with van der Waals surface area (Å²) < 4.78 is 24.2. The summed E-state index contributed by atoms with van der Waals surface area (Å²) in [5.41, 5.74) is 0. The minimum absolute atomic E-state index is 0.0269. The number of phenols is 1. The number of hydrogen-bond acceptors (Lipinski definition) is 4. The summed E-state index contributed by atoms with van der Waals surface area (Å²) in [6.07, 6.45) is 4.15. The molecule has 2 N–H and O–H groups in total. The van der Waals surface area contributed by atoms with Crippen molar-refractivity contribution in [3.05, 3.63) is 35.9 Å². The van der Waals surface area contributed by atoms with E-state index in [4.69, 9.17) is 11.6 Å². The second kappa shape index (κ2) is 8.80. The first-order valence-corrected chi connectivity index (χ1v) is 9.01. The summed E-state index contributed by atoms with van der Waals surface area (Å²) in [4.78, 5) is 11.0. The normalized spacial score (nSPS) is 11.1. The Labute approximate surface area is 135 Å². The molecule has 0 aliphatic rings. The molecule has 0 radical (unpaired) electrons. The van der Waals surface area contributed by atoms with Crippen molar-refractivity contribution in [1.29, 1.82) is 0 Å². The van der Waals surface area contributed by atoms with Crippen LogP contribution in [0.4, 0.5) is 0 Å². The topological polar surface area (TPSA) is 83.5 Å². The van der Waals surface area contributed by atoms with Gasteiger partial charge in [-0.3, -0.25) is 4.79 Å². The number of sulfone groups is 1. The Hall–Kier alpha value is -1.53. The number of carbonyl (C=O) groups is 1. The molecule has 0 spiro atoms. The van der Waals surface area contributed by atoms with Gasteiger partial charge in [0.1, 0.15) is 5.75 Å². The molecule has 1 aromatic rings. The average Bonchev–Trinajstić information content (AvgIpc) is 2.48. The van der Waals surface area contributed by atoms with Crippen LogP contribution in [0.25, 0.3) is 0 Å². The van der Waals surface area contributed by atoms with E-state index in [0.717, 1.165) is 19.3 Å². The van der Waals surface area contributed by atoms with Gasteiger partial charge in [-0.15, -0.1) is 0 Å². The highest BCUT2D eigenvalue weighted by Crippen LogP contribution is 2.26. The van der Waals surface area contributed by atoms with E-state index in [9.17, 15) is 18.3 Å². The minimum Gasteiger partial charge on any atom is -0.506 e. The Balaban J connectivity index is 2.33. The van der Waals surface area contributed by atoms with Crippen molar-refractivity contribution in [3.8, 4) is 5.75 Å². The van der Waals surface area contributed by atoms with E-state index in [1.54, 1.807) is 0 Å². The SMILES string of the molecule is C=CC(=O)NCCCCCCS(=O)(=O)c1ccc(O)c(Cl)c1. The number of hydrogen-bond donors (Lipinski definition) is 2. The standard InChI is InChI=1S/C15H20ClNO4S/c1-2-15(19)17-9-5-3-4-6-10-22(20,21)12-7-8-14(18)13(16)11-12/h2,7-8,11,18H,1,3-6,9-10H2,(H,17,19). The molecular weight excluding hydrogens is 326 g/mol. The van der Waals surface area contributed by atoms with Crippen molar-refractivity contribution in [3.63, 3.8) is 0 Å². The summed E-state index contributed by atoms with van der Waals surface area (Å²) in [5.74, 6) is -0.304. The van der Waals surface area contributed by atoms with Gasteiger partial charge in [0.25, 0.3) is 0 Å². The Kier molecular flexibility index (Phi) is 7.41. The Morgan fingerprint density at radius 3 is 2.59 bits per heavy atom. The molecule has 0 aliphatic heterocycles. The molecule has 0 unspecified atom stereocenters. The van der Waals surface area contributed by atoms with Gasteiger partial charge in [-0.2, -0.15) is 0 Å². The van der Waals surface area contributed by atoms with E-state index in [1.165, 1.54) is 24.3 Å². The number of nitrogens with one attached hydrogen (secondary N) is 1. The van der Waals surface area contributed by atoms with Crippen molar-refractivity contribution in [1.82, 2.24) is 5.32 Å². The summed E-state index contributed by atoms with van der Waals surface area (Å²) in [6, 6.07) is 3.88. The molecular formula is C15H20ClNO4S. The number of unbranched alkanes of at least 4 members (excludes halogenated alkanes) is 3. The fraction of sp³-hybridized carbons (Fsp3) is 0.400. The highest BCUT2D eigenvalue weighted by atomic mass is 35.5. The summed E-state index contributed by atoms with van der Waals surface area (Å²) >= 11 is 5.72. The third-order valence-corrected chi connectivity index (χ3v) is 5.20. The zero-order valence-electron chi connectivity index (χ0n) is 12.2. The van der Waals surface area contributed by atoms with Crippen molar-refractivity contribution in [2.24, 2.45) is 0 Å². The fourth-order valence-corrected chi connectivity index (χ4v) is 3.49. The molecule has 22 heavy (non-hydrogen) atoms. The Morgan fingerprint density at radius 2 is 1.95 bits per heavy atom. The molecule has 7 heteroatoms. The zero-order valence-corrected chi connectivity index (χ0v) is 13.8. The van der Waals surface area contributed by atoms with Crippen molar-refractivity contribution in [2.75, 3.05) is 12.3 Å². The molecule has 0 bridgehead atoms. The van der Waals surface area contributed by atoms with E-state index < -0.39 is 9.84 Å². The smallest absolute Gasteiger partial charge is 0.243 e. The molecule has 0 heterocycles. The van der Waals surface area contributed by atoms with E-state index in [1.807, 2.05) is 0 Å². The molecule has 1 rings (SSSR count). The molecule has 0 saturated heterocycles. The first kappa shape index (κ1) is 18.5. The highest BCUT2D eigenvalue weighted by Gasteiger charge is 2.15. The van der Waals surface area contributed by atoms with Crippen LogP contribution in [0.2, 0.25) is 5.02 Å². The highest BCUT2D eigenvalue weighted by molar-refractivity contribution is 7.91. The van der Waals surface area contributed by atoms with Gasteiger partial charge < -0.3 is 10.4 Å². The lowest BCUT2D eigenvalue weighted by Crippen LogP contribution is -2.21. The zero-order chi connectivity index (χ0) is 16.6. The van der Waals surface area contributed by atoms with Crippen LogP contribution in [0.5, 0.6) is 5.75 Å². The van der Waals surface area contributed by atoms with Gasteiger partial charge in [0.05, 0.1) is 15.7 Å². The first-order valence-electron chi connectivity index (χ1n) is 6.98. The molecule has 0 fully saturated rings. The quantitative estimate of drug-likeness (QED) is 0.532. The molecule has 122 valence electrons. The van der Waals surface area contributed by atoms with Crippen LogP contribution < -0.4 is 5.32 Å². The molecule has 1 aromatic carbocycles. The van der Waals surface area contributed by atoms with E-state index in [-0.39, 0.29) is 27.3 Å². The van der Waals surface area contributed by atoms with Gasteiger partial charge in [0.15, 0.2) is 9.84 Å². The third-order valence-electron chi connectivity index (χ3n) is 3.10. The summed E-state index contributed by atoms with van der Waals surface area (Å²) in [5, 5.41) is 12.0. The number of amides is 1. The van der Waals surface area contributed by atoms with Gasteiger partial charge in [-0.25, -0.2) is 8.42 Å². The second-order valence-corrected chi connectivity index (χ2v) is 7.36. The lowest BCUT2D eigenvalue weighted by atomic mass is 10.2. The van der Waals surface area contributed by atoms with E-state index in [2.05, 4.69) is 11.9 Å². The molecule has 0 atom stereocenters. The van der Waals surface area contributed by atoms with Crippen LogP contribution in [-0.2, 0) is 14.6 Å². The van der Waals surface area contributed by atoms with Crippen molar-refractivity contribution >= 4 is 27.3 Å². The average molecular weight is 346 g/mol. The molecule has 0 saturated carbocycles. The third kappa shape index (κ3) is 6.07. The van der Waals surface area contributed by atoms with Crippen LogP contribution in [0, 0.1) is 0 Å². The maximum Gasteiger partial charge on any atom is 0.243 e. The minimum atomic E-state index is -3.39. The number of rotatable bonds is 9. The number of carbonyl (C=O) groups excluding carboxylic acids is 1. The van der Waals surface area contributed by atoms with E-state index in [0.29, 0.717) is 13.0 Å². The number of halogens is 1. The van der Waals surface area contributed by atoms with Gasteiger partial charge in [-0.1, -0.05) is 31.0 Å². The lowest BCUT2D eigenvalue weighted by Gasteiger charge is -2.06.